The first kappa shape index (κ1) is 21.8. The lowest BCUT2D eigenvalue weighted by molar-refractivity contribution is 1.28. The first-order valence-corrected chi connectivity index (χ1v) is 12.2. The average Bonchev–Trinajstić information content (AvgIpc) is 2.94. The van der Waals surface area contributed by atoms with Crippen LogP contribution in [0.15, 0.2) is 128 Å². The molecule has 0 fully saturated rings. The second kappa shape index (κ2) is 9.52. The van der Waals surface area contributed by atoms with Gasteiger partial charge in [0.1, 0.15) is 0 Å². The summed E-state index contributed by atoms with van der Waals surface area (Å²) in [5.74, 6) is 0. The molecule has 2 heteroatoms. The summed E-state index contributed by atoms with van der Waals surface area (Å²) in [6, 6.07) is 42.5. The molecule has 6 aromatic rings. The third-order valence-electron chi connectivity index (χ3n) is 6.65. The number of hydrogen-bond acceptors (Lipinski definition) is 2. The standard InChI is InChI=1S/C34H26N2/c1-25-24-34(36(27-12-4-2-5-13-27)28-14-6-3-7-15-28)32-18-9-8-17-31(32)29(25)21-20-26-22-23-35-33-19-11-10-16-30(26)33/h2-24H,1H3/b21-20+. The van der Waals surface area contributed by atoms with E-state index in [0.29, 0.717) is 0 Å². The molecule has 0 atom stereocenters. The van der Waals surface area contributed by atoms with Crippen LogP contribution in [0.4, 0.5) is 17.1 Å². The molecule has 0 saturated heterocycles. The van der Waals surface area contributed by atoms with E-state index in [4.69, 9.17) is 0 Å². The van der Waals surface area contributed by atoms with Crippen LogP contribution < -0.4 is 4.90 Å². The van der Waals surface area contributed by atoms with Crippen molar-refractivity contribution >= 4 is 50.9 Å². The number of pyridine rings is 1. The van der Waals surface area contributed by atoms with Crippen LogP contribution in [0.25, 0.3) is 33.8 Å². The van der Waals surface area contributed by atoms with Gasteiger partial charge in [-0.15, -0.1) is 0 Å². The molecule has 0 spiro atoms. The quantitative estimate of drug-likeness (QED) is 0.254. The van der Waals surface area contributed by atoms with Crippen LogP contribution in [-0.2, 0) is 0 Å². The van der Waals surface area contributed by atoms with Gasteiger partial charge in [-0.05, 0) is 71.5 Å². The summed E-state index contributed by atoms with van der Waals surface area (Å²) in [5.41, 5.74) is 8.10. The molecule has 0 aliphatic heterocycles. The molecule has 36 heavy (non-hydrogen) atoms. The molecule has 5 aromatic carbocycles. The maximum atomic E-state index is 4.51. The molecule has 0 radical (unpaired) electrons. The van der Waals surface area contributed by atoms with Gasteiger partial charge in [0.05, 0.1) is 11.2 Å². The molecule has 172 valence electrons. The number of aromatic nitrogens is 1. The molecule has 0 bridgehead atoms. The Bertz CT molecular complexity index is 1640. The van der Waals surface area contributed by atoms with E-state index in [9.17, 15) is 0 Å². The van der Waals surface area contributed by atoms with Crippen LogP contribution in [0.3, 0.4) is 0 Å². The number of benzene rings is 5. The van der Waals surface area contributed by atoms with E-state index in [0.717, 1.165) is 22.3 Å². The molecule has 1 aromatic heterocycles. The van der Waals surface area contributed by atoms with Crippen molar-refractivity contribution in [2.45, 2.75) is 6.92 Å². The normalized spacial score (nSPS) is 11.4. The van der Waals surface area contributed by atoms with Crippen molar-refractivity contribution < 1.29 is 0 Å². The summed E-state index contributed by atoms with van der Waals surface area (Å²) in [7, 11) is 0. The molecular weight excluding hydrogens is 436 g/mol. The number of para-hydroxylation sites is 3. The van der Waals surface area contributed by atoms with Gasteiger partial charge in [0.25, 0.3) is 0 Å². The number of nitrogens with zero attached hydrogens (tertiary/aromatic N) is 2. The van der Waals surface area contributed by atoms with E-state index in [1.54, 1.807) is 0 Å². The topological polar surface area (TPSA) is 16.1 Å². The Labute approximate surface area is 211 Å². The number of hydrogen-bond donors (Lipinski definition) is 0. The molecule has 2 nitrogen and oxygen atoms in total. The molecule has 0 saturated carbocycles. The summed E-state index contributed by atoms with van der Waals surface area (Å²) < 4.78 is 0. The van der Waals surface area contributed by atoms with E-state index in [1.165, 1.54) is 33.2 Å². The van der Waals surface area contributed by atoms with Crippen LogP contribution in [0, 0.1) is 6.92 Å². The Morgan fingerprint density at radius 2 is 1.17 bits per heavy atom. The SMILES string of the molecule is Cc1cc(N(c2ccccc2)c2ccccc2)c2ccccc2c1/C=C/c1ccnc2ccccc12. The zero-order valence-electron chi connectivity index (χ0n) is 20.2. The molecule has 0 N–H and O–H groups in total. The maximum absolute atomic E-state index is 4.51. The third-order valence-corrected chi connectivity index (χ3v) is 6.65. The lowest BCUT2D eigenvalue weighted by Gasteiger charge is -2.28. The third kappa shape index (κ3) is 4.03. The smallest absolute Gasteiger partial charge is 0.0707 e. The first-order chi connectivity index (χ1) is 17.8. The summed E-state index contributed by atoms with van der Waals surface area (Å²) in [6.07, 6.45) is 6.34. The van der Waals surface area contributed by atoms with Crippen LogP contribution >= 0.6 is 0 Å². The Balaban J connectivity index is 1.54. The summed E-state index contributed by atoms with van der Waals surface area (Å²) in [5, 5.41) is 3.61. The Morgan fingerprint density at radius 3 is 1.86 bits per heavy atom. The van der Waals surface area contributed by atoms with Gasteiger partial charge in [-0.1, -0.05) is 91.0 Å². The number of aryl methyl sites for hydroxylation is 1. The molecule has 0 aliphatic carbocycles. The lowest BCUT2D eigenvalue weighted by atomic mass is 9.95. The van der Waals surface area contributed by atoms with Gasteiger partial charge in [0, 0.05) is 28.3 Å². The molecule has 0 unspecified atom stereocenters. The first-order valence-electron chi connectivity index (χ1n) is 12.2. The second-order valence-corrected chi connectivity index (χ2v) is 8.93. The highest BCUT2D eigenvalue weighted by Crippen LogP contribution is 2.41. The molecule has 0 amide bonds. The van der Waals surface area contributed by atoms with E-state index in [2.05, 4.69) is 144 Å². The Morgan fingerprint density at radius 1 is 0.583 bits per heavy atom. The van der Waals surface area contributed by atoms with Gasteiger partial charge < -0.3 is 4.90 Å². The highest BCUT2D eigenvalue weighted by molar-refractivity contribution is 6.05. The van der Waals surface area contributed by atoms with Gasteiger partial charge in [0.2, 0.25) is 0 Å². The van der Waals surface area contributed by atoms with Gasteiger partial charge >= 0.3 is 0 Å². The predicted octanol–water partition coefficient (Wildman–Crippen LogP) is 9.34. The minimum atomic E-state index is 1.01. The van der Waals surface area contributed by atoms with Crippen molar-refractivity contribution in [3.8, 4) is 0 Å². The molecule has 0 aliphatic rings. The minimum absolute atomic E-state index is 1.01. The van der Waals surface area contributed by atoms with Crippen molar-refractivity contribution in [2.75, 3.05) is 4.90 Å². The molecule has 1 heterocycles. The molecule has 6 rings (SSSR count). The van der Waals surface area contributed by atoms with Crippen molar-refractivity contribution in [3.63, 3.8) is 0 Å². The maximum Gasteiger partial charge on any atom is 0.0707 e. The van der Waals surface area contributed by atoms with E-state index in [1.807, 2.05) is 12.3 Å². The fourth-order valence-electron chi connectivity index (χ4n) is 4.94. The second-order valence-electron chi connectivity index (χ2n) is 8.93. The fraction of sp³-hybridized carbons (Fsp3) is 0.0294. The minimum Gasteiger partial charge on any atom is -0.310 e. The van der Waals surface area contributed by atoms with Crippen LogP contribution in [0.5, 0.6) is 0 Å². The highest BCUT2D eigenvalue weighted by atomic mass is 15.1. The monoisotopic (exact) mass is 462 g/mol. The number of anilines is 3. The predicted molar refractivity (Wildman–Crippen MR) is 154 cm³/mol. The lowest BCUT2D eigenvalue weighted by Crippen LogP contribution is -2.11. The van der Waals surface area contributed by atoms with Crippen molar-refractivity contribution in [1.82, 2.24) is 4.98 Å². The van der Waals surface area contributed by atoms with Gasteiger partial charge in [0.15, 0.2) is 0 Å². The summed E-state index contributed by atoms with van der Waals surface area (Å²) in [4.78, 5) is 6.86. The van der Waals surface area contributed by atoms with Crippen LogP contribution in [-0.4, -0.2) is 4.98 Å². The van der Waals surface area contributed by atoms with E-state index < -0.39 is 0 Å². The number of fused-ring (bicyclic) bond motifs is 2. The van der Waals surface area contributed by atoms with Crippen molar-refractivity contribution in [3.05, 3.63) is 144 Å². The van der Waals surface area contributed by atoms with Crippen molar-refractivity contribution in [1.29, 1.82) is 0 Å². The highest BCUT2D eigenvalue weighted by Gasteiger charge is 2.17. The van der Waals surface area contributed by atoms with Crippen molar-refractivity contribution in [2.24, 2.45) is 0 Å². The van der Waals surface area contributed by atoms with Gasteiger partial charge in [-0.25, -0.2) is 0 Å². The van der Waals surface area contributed by atoms with E-state index >= 15 is 0 Å². The Kier molecular flexibility index (Phi) is 5.77. The van der Waals surface area contributed by atoms with E-state index in [-0.39, 0.29) is 0 Å². The van der Waals surface area contributed by atoms with Crippen LogP contribution in [0.2, 0.25) is 0 Å². The van der Waals surface area contributed by atoms with Crippen LogP contribution in [0.1, 0.15) is 16.7 Å². The zero-order valence-corrected chi connectivity index (χ0v) is 20.2. The van der Waals surface area contributed by atoms with Gasteiger partial charge in [-0.3, -0.25) is 4.98 Å². The zero-order chi connectivity index (χ0) is 24.3. The number of rotatable bonds is 5. The summed E-state index contributed by atoms with van der Waals surface area (Å²) in [6.45, 7) is 2.20. The van der Waals surface area contributed by atoms with Gasteiger partial charge in [-0.2, -0.15) is 0 Å². The largest absolute Gasteiger partial charge is 0.310 e. The fourth-order valence-corrected chi connectivity index (χ4v) is 4.94. The average molecular weight is 463 g/mol. The Hall–Kier alpha value is -4.69. The molecular formula is C34H26N2. The summed E-state index contributed by atoms with van der Waals surface area (Å²) >= 11 is 0.